The Kier molecular flexibility index (Phi) is 6.55. The minimum absolute atomic E-state index is 0.0847. The molecule has 2 aromatic carbocycles. The van der Waals surface area contributed by atoms with E-state index in [-0.39, 0.29) is 16.9 Å². The van der Waals surface area contributed by atoms with Crippen LogP contribution in [0.1, 0.15) is 17.3 Å². The van der Waals surface area contributed by atoms with Crippen molar-refractivity contribution in [2.45, 2.75) is 12.1 Å². The van der Waals surface area contributed by atoms with Crippen molar-refractivity contribution in [3.63, 3.8) is 0 Å². The van der Waals surface area contributed by atoms with Gasteiger partial charge in [0.25, 0.3) is 11.1 Å². The van der Waals surface area contributed by atoms with E-state index in [0.29, 0.717) is 33.6 Å². The van der Waals surface area contributed by atoms with Crippen LogP contribution >= 0.6 is 34.7 Å². The number of fused-ring (bicyclic) bond motifs is 1. The molecule has 0 atom stereocenters. The van der Waals surface area contributed by atoms with Crippen molar-refractivity contribution in [2.24, 2.45) is 0 Å². The molecule has 31 heavy (non-hydrogen) atoms. The molecule has 2 heterocycles. The van der Waals surface area contributed by atoms with E-state index in [9.17, 15) is 9.59 Å². The van der Waals surface area contributed by atoms with E-state index in [1.165, 1.54) is 11.3 Å². The summed E-state index contributed by atoms with van der Waals surface area (Å²) in [7, 11) is 0. The molecule has 0 saturated carbocycles. The van der Waals surface area contributed by atoms with E-state index in [1.54, 1.807) is 31.2 Å². The highest BCUT2D eigenvalue weighted by Gasteiger charge is 2.18. The fraction of sp³-hybridized carbons (Fsp3) is 0.143. The average molecular weight is 474 g/mol. The third-order valence-corrected chi connectivity index (χ3v) is 6.62. The van der Waals surface area contributed by atoms with Crippen LogP contribution in [0.25, 0.3) is 20.9 Å². The molecule has 158 valence electrons. The number of thiophene rings is 1. The lowest BCUT2D eigenvalue weighted by Crippen LogP contribution is -2.14. The summed E-state index contributed by atoms with van der Waals surface area (Å²) in [6.07, 6.45) is 0. The number of carbonyl (C=O) groups excluding carboxylic acids is 2. The van der Waals surface area contributed by atoms with E-state index in [4.69, 9.17) is 20.8 Å². The summed E-state index contributed by atoms with van der Waals surface area (Å²) in [6, 6.07) is 14.3. The first-order valence-electron chi connectivity index (χ1n) is 9.26. The number of amides is 1. The number of ether oxygens (including phenoxy) is 1. The van der Waals surface area contributed by atoms with Crippen LogP contribution < -0.4 is 5.32 Å². The normalized spacial score (nSPS) is 10.9. The van der Waals surface area contributed by atoms with Gasteiger partial charge in [-0.15, -0.1) is 21.5 Å². The number of nitrogens with zero attached hydrogens (tertiary/aromatic N) is 2. The maximum Gasteiger partial charge on any atom is 0.338 e. The summed E-state index contributed by atoms with van der Waals surface area (Å²) in [6.45, 7) is 2.05. The lowest BCUT2D eigenvalue weighted by atomic mass is 10.2. The number of thioether (sulfide) groups is 1. The minimum atomic E-state index is -0.401. The number of aromatic nitrogens is 2. The molecule has 0 aliphatic carbocycles. The summed E-state index contributed by atoms with van der Waals surface area (Å²) < 4.78 is 11.6. The van der Waals surface area contributed by atoms with Gasteiger partial charge in [0.05, 0.1) is 22.9 Å². The molecule has 7 nitrogen and oxygen atoms in total. The molecule has 4 rings (SSSR count). The van der Waals surface area contributed by atoms with Gasteiger partial charge in [0.2, 0.25) is 5.91 Å². The highest BCUT2D eigenvalue weighted by molar-refractivity contribution is 7.99. The molecule has 0 aliphatic heterocycles. The first kappa shape index (κ1) is 21.4. The van der Waals surface area contributed by atoms with Gasteiger partial charge in [-0.25, -0.2) is 4.79 Å². The summed E-state index contributed by atoms with van der Waals surface area (Å²) in [4.78, 5) is 24.6. The number of halogens is 1. The number of hydrogen-bond donors (Lipinski definition) is 1. The summed E-state index contributed by atoms with van der Waals surface area (Å²) >= 11 is 9.05. The molecule has 0 fully saturated rings. The quantitative estimate of drug-likeness (QED) is 0.279. The van der Waals surface area contributed by atoms with Gasteiger partial charge in [-0.05, 0) is 37.3 Å². The lowest BCUT2D eigenvalue weighted by Gasteiger charge is -2.05. The van der Waals surface area contributed by atoms with Crippen LogP contribution in [0, 0.1) is 0 Å². The Hall–Kier alpha value is -2.88. The maximum absolute atomic E-state index is 12.2. The molecule has 10 heteroatoms. The zero-order valence-corrected chi connectivity index (χ0v) is 18.6. The zero-order chi connectivity index (χ0) is 21.8. The molecule has 0 saturated heterocycles. The van der Waals surface area contributed by atoms with Crippen molar-refractivity contribution in [3.8, 4) is 10.8 Å². The predicted molar refractivity (Wildman–Crippen MR) is 122 cm³/mol. The van der Waals surface area contributed by atoms with Gasteiger partial charge in [-0.3, -0.25) is 4.79 Å². The molecule has 0 bridgehead atoms. The minimum Gasteiger partial charge on any atom is -0.462 e. The fourth-order valence-electron chi connectivity index (χ4n) is 2.74. The van der Waals surface area contributed by atoms with E-state index < -0.39 is 5.97 Å². The number of benzene rings is 2. The molecular formula is C21H16ClN3O4S2. The molecule has 1 amide bonds. The number of anilines is 1. The number of esters is 1. The third-order valence-electron chi connectivity index (χ3n) is 4.14. The molecule has 2 aromatic heterocycles. The molecule has 0 aliphatic rings. The van der Waals surface area contributed by atoms with Gasteiger partial charge < -0.3 is 14.5 Å². The first-order valence-corrected chi connectivity index (χ1v) is 11.4. The standard InChI is InChI=1S/C21H16ClN3O4S2/c1-2-28-20(27)12-7-9-13(10-8-12)23-16(26)11-30-21-25-24-19(29-21)18-17(22)14-5-3-4-6-15(14)31-18/h3-10H,2,11H2,1H3,(H,23,26). The monoisotopic (exact) mass is 473 g/mol. The smallest absolute Gasteiger partial charge is 0.338 e. The fourth-order valence-corrected chi connectivity index (χ4v) is 4.74. The van der Waals surface area contributed by atoms with E-state index in [0.717, 1.165) is 21.8 Å². The topological polar surface area (TPSA) is 94.3 Å². The number of carbonyl (C=O) groups is 2. The van der Waals surface area contributed by atoms with Crippen LogP contribution in [0.5, 0.6) is 0 Å². The van der Waals surface area contributed by atoms with Crippen LogP contribution in [0.3, 0.4) is 0 Å². The Labute approximate surface area is 190 Å². The Morgan fingerprint density at radius 2 is 1.94 bits per heavy atom. The average Bonchev–Trinajstić information content (AvgIpc) is 3.38. The Morgan fingerprint density at radius 3 is 2.68 bits per heavy atom. The second-order valence-electron chi connectivity index (χ2n) is 6.25. The van der Waals surface area contributed by atoms with Crippen LogP contribution in [-0.2, 0) is 9.53 Å². The molecule has 4 aromatic rings. The van der Waals surface area contributed by atoms with Crippen molar-refractivity contribution in [3.05, 3.63) is 59.1 Å². The van der Waals surface area contributed by atoms with Crippen molar-refractivity contribution in [1.82, 2.24) is 10.2 Å². The van der Waals surface area contributed by atoms with Gasteiger partial charge in [-0.2, -0.15) is 0 Å². The SMILES string of the molecule is CCOC(=O)c1ccc(NC(=O)CSc2nnc(-c3sc4ccccc4c3Cl)o2)cc1. The number of hydrogen-bond acceptors (Lipinski definition) is 8. The summed E-state index contributed by atoms with van der Waals surface area (Å²) in [5, 5.41) is 12.6. The summed E-state index contributed by atoms with van der Waals surface area (Å²) in [5.74, 6) is -0.236. The van der Waals surface area contributed by atoms with Crippen molar-refractivity contribution in [2.75, 3.05) is 17.7 Å². The van der Waals surface area contributed by atoms with Crippen molar-refractivity contribution < 1.29 is 18.7 Å². The molecule has 0 radical (unpaired) electrons. The Balaban J connectivity index is 1.35. The van der Waals surface area contributed by atoms with Gasteiger partial charge in [0, 0.05) is 15.8 Å². The van der Waals surface area contributed by atoms with E-state index in [1.807, 2.05) is 24.3 Å². The predicted octanol–water partition coefficient (Wildman–Crippen LogP) is 5.51. The van der Waals surface area contributed by atoms with Crippen LogP contribution in [0.2, 0.25) is 5.02 Å². The molecule has 0 spiro atoms. The van der Waals surface area contributed by atoms with E-state index >= 15 is 0 Å². The number of nitrogens with one attached hydrogen (secondary N) is 1. The zero-order valence-electron chi connectivity index (χ0n) is 16.3. The largest absolute Gasteiger partial charge is 0.462 e. The second kappa shape index (κ2) is 9.51. The van der Waals surface area contributed by atoms with Crippen LogP contribution in [-0.4, -0.2) is 34.4 Å². The Bertz CT molecular complexity index is 1240. The van der Waals surface area contributed by atoms with Crippen molar-refractivity contribution >= 4 is 62.3 Å². The van der Waals surface area contributed by atoms with Gasteiger partial charge >= 0.3 is 5.97 Å². The highest BCUT2D eigenvalue weighted by atomic mass is 35.5. The maximum atomic E-state index is 12.2. The van der Waals surface area contributed by atoms with Crippen molar-refractivity contribution in [1.29, 1.82) is 0 Å². The van der Waals surface area contributed by atoms with Gasteiger partial charge in [0.1, 0.15) is 4.88 Å². The number of rotatable bonds is 7. The molecular weight excluding hydrogens is 458 g/mol. The van der Waals surface area contributed by atoms with Crippen LogP contribution in [0.15, 0.2) is 58.2 Å². The molecule has 0 unspecified atom stereocenters. The second-order valence-corrected chi connectivity index (χ2v) is 8.61. The third kappa shape index (κ3) is 4.90. The summed E-state index contributed by atoms with van der Waals surface area (Å²) in [5.41, 5.74) is 0.995. The first-order chi connectivity index (χ1) is 15.0. The highest BCUT2D eigenvalue weighted by Crippen LogP contribution is 2.41. The van der Waals surface area contributed by atoms with Crippen LogP contribution in [0.4, 0.5) is 5.69 Å². The van der Waals surface area contributed by atoms with Gasteiger partial charge in [0.15, 0.2) is 0 Å². The Morgan fingerprint density at radius 1 is 1.16 bits per heavy atom. The van der Waals surface area contributed by atoms with E-state index in [2.05, 4.69) is 15.5 Å². The van der Waals surface area contributed by atoms with Gasteiger partial charge in [-0.1, -0.05) is 41.6 Å². The molecule has 1 N–H and O–H groups in total. The lowest BCUT2D eigenvalue weighted by molar-refractivity contribution is -0.113.